The van der Waals surface area contributed by atoms with Gasteiger partial charge in [-0.15, -0.1) is 0 Å². The van der Waals surface area contributed by atoms with Gasteiger partial charge in [-0.05, 0) is 46.9 Å². The monoisotopic (exact) mass is 421 g/mol. The van der Waals surface area contributed by atoms with Gasteiger partial charge in [0, 0.05) is 15.7 Å². The smallest absolute Gasteiger partial charge is 0.387 e. The molecule has 0 aromatic heterocycles. The number of benzene rings is 2. The van der Waals surface area contributed by atoms with Gasteiger partial charge in [-0.2, -0.15) is 8.78 Å². The zero-order valence-corrected chi connectivity index (χ0v) is 13.3. The lowest BCUT2D eigenvalue weighted by Crippen LogP contribution is -2.24. The van der Waals surface area contributed by atoms with Crippen LogP contribution in [-0.4, -0.2) is 12.5 Å². The maximum absolute atomic E-state index is 13.0. The summed E-state index contributed by atoms with van der Waals surface area (Å²) in [4.78, 5) is 12.1. The maximum atomic E-state index is 13.0. The van der Waals surface area contributed by atoms with Gasteiger partial charge >= 0.3 is 6.61 Å². The standard InChI is InChI=1S/C15H11F3INO2/c16-10-5-6-11(12(19)7-10)14(21)20-8-9-3-1-2-4-13(9)22-15(17)18/h1-7,15H,8H2,(H,20,21). The fraction of sp³-hybridized carbons (Fsp3) is 0.133. The van der Waals surface area contributed by atoms with Crippen molar-refractivity contribution in [2.24, 2.45) is 0 Å². The third-order valence-electron chi connectivity index (χ3n) is 2.80. The highest BCUT2D eigenvalue weighted by molar-refractivity contribution is 14.1. The molecule has 116 valence electrons. The number of rotatable bonds is 5. The predicted octanol–water partition coefficient (Wildman–Crippen LogP) is 3.96. The van der Waals surface area contributed by atoms with Crippen LogP contribution in [0, 0.1) is 9.39 Å². The predicted molar refractivity (Wildman–Crippen MR) is 83.4 cm³/mol. The van der Waals surface area contributed by atoms with Crippen LogP contribution >= 0.6 is 22.6 Å². The summed E-state index contributed by atoms with van der Waals surface area (Å²) in [5, 5.41) is 2.60. The van der Waals surface area contributed by atoms with Crippen LogP contribution in [0.5, 0.6) is 5.75 Å². The number of halogens is 4. The molecule has 0 aliphatic heterocycles. The molecule has 1 N–H and O–H groups in total. The molecule has 0 spiro atoms. The molecule has 0 aliphatic rings. The summed E-state index contributed by atoms with van der Waals surface area (Å²) in [6.07, 6.45) is 0. The Morgan fingerprint density at radius 3 is 2.64 bits per heavy atom. The Morgan fingerprint density at radius 1 is 1.23 bits per heavy atom. The molecule has 0 unspecified atom stereocenters. The van der Waals surface area contributed by atoms with Gasteiger partial charge in [0.15, 0.2) is 0 Å². The third-order valence-corrected chi connectivity index (χ3v) is 3.70. The van der Waals surface area contributed by atoms with Gasteiger partial charge in [0.1, 0.15) is 11.6 Å². The zero-order valence-electron chi connectivity index (χ0n) is 11.2. The van der Waals surface area contributed by atoms with Gasteiger partial charge in [0.05, 0.1) is 5.56 Å². The third kappa shape index (κ3) is 4.36. The highest BCUT2D eigenvalue weighted by atomic mass is 127. The van der Waals surface area contributed by atoms with E-state index in [0.29, 0.717) is 14.7 Å². The molecule has 0 heterocycles. The molecule has 0 atom stereocenters. The van der Waals surface area contributed by atoms with E-state index in [0.717, 1.165) is 0 Å². The van der Waals surface area contributed by atoms with Gasteiger partial charge in [0.25, 0.3) is 5.91 Å². The lowest BCUT2D eigenvalue weighted by atomic mass is 10.1. The van der Waals surface area contributed by atoms with Crippen LogP contribution in [0.25, 0.3) is 0 Å². The second-order valence-corrected chi connectivity index (χ2v) is 5.46. The zero-order chi connectivity index (χ0) is 16.1. The topological polar surface area (TPSA) is 38.3 Å². The average Bonchev–Trinajstić information content (AvgIpc) is 2.45. The van der Waals surface area contributed by atoms with E-state index in [4.69, 9.17) is 0 Å². The first-order chi connectivity index (χ1) is 10.5. The lowest BCUT2D eigenvalue weighted by molar-refractivity contribution is -0.0504. The fourth-order valence-corrected chi connectivity index (χ4v) is 2.53. The number of carbonyl (C=O) groups is 1. The second-order valence-electron chi connectivity index (χ2n) is 4.29. The van der Waals surface area contributed by atoms with E-state index in [1.54, 1.807) is 18.2 Å². The Hall–Kier alpha value is -1.77. The molecular weight excluding hydrogens is 410 g/mol. The maximum Gasteiger partial charge on any atom is 0.387 e. The van der Waals surface area contributed by atoms with Crippen molar-refractivity contribution in [3.05, 3.63) is 63.0 Å². The van der Waals surface area contributed by atoms with Crippen LogP contribution in [0.4, 0.5) is 13.2 Å². The molecule has 0 radical (unpaired) electrons. The molecule has 1 amide bonds. The Balaban J connectivity index is 2.08. The molecule has 2 aromatic rings. The Kier molecular flexibility index (Phi) is 5.64. The SMILES string of the molecule is O=C(NCc1ccccc1OC(F)F)c1ccc(F)cc1I. The van der Waals surface area contributed by atoms with Gasteiger partial charge < -0.3 is 10.1 Å². The van der Waals surface area contributed by atoms with E-state index >= 15 is 0 Å². The van der Waals surface area contributed by atoms with E-state index in [2.05, 4.69) is 10.1 Å². The second kappa shape index (κ2) is 7.48. The van der Waals surface area contributed by atoms with Gasteiger partial charge in [0.2, 0.25) is 0 Å². The number of carbonyl (C=O) groups excluding carboxylic acids is 1. The van der Waals surface area contributed by atoms with Crippen LogP contribution < -0.4 is 10.1 Å². The van der Waals surface area contributed by atoms with Crippen molar-refractivity contribution in [3.63, 3.8) is 0 Å². The van der Waals surface area contributed by atoms with E-state index in [1.165, 1.54) is 24.3 Å². The Morgan fingerprint density at radius 2 is 1.95 bits per heavy atom. The minimum absolute atomic E-state index is 0.00611. The highest BCUT2D eigenvalue weighted by Gasteiger charge is 2.13. The van der Waals surface area contributed by atoms with Crippen LogP contribution in [0.2, 0.25) is 0 Å². The molecule has 7 heteroatoms. The van der Waals surface area contributed by atoms with Crippen molar-refractivity contribution in [1.82, 2.24) is 5.32 Å². The first-order valence-electron chi connectivity index (χ1n) is 6.23. The Labute approximate surface area is 138 Å². The number of hydrogen-bond donors (Lipinski definition) is 1. The summed E-state index contributed by atoms with van der Waals surface area (Å²) in [6.45, 7) is -2.91. The summed E-state index contributed by atoms with van der Waals surface area (Å²) in [5.74, 6) is -0.848. The number of ether oxygens (including phenoxy) is 1. The number of para-hydroxylation sites is 1. The van der Waals surface area contributed by atoms with Crippen molar-refractivity contribution >= 4 is 28.5 Å². The van der Waals surface area contributed by atoms with Crippen molar-refractivity contribution in [3.8, 4) is 5.75 Å². The van der Waals surface area contributed by atoms with E-state index in [1.807, 2.05) is 22.6 Å². The number of amides is 1. The van der Waals surface area contributed by atoms with Gasteiger partial charge in [-0.3, -0.25) is 4.79 Å². The first kappa shape index (κ1) is 16.6. The largest absolute Gasteiger partial charge is 0.434 e. The molecule has 3 nitrogen and oxygen atoms in total. The fourth-order valence-electron chi connectivity index (χ4n) is 1.81. The summed E-state index contributed by atoms with van der Waals surface area (Å²) in [6, 6.07) is 9.98. The van der Waals surface area contributed by atoms with Crippen molar-refractivity contribution in [2.75, 3.05) is 0 Å². The molecule has 0 fully saturated rings. The van der Waals surface area contributed by atoms with Gasteiger partial charge in [-0.25, -0.2) is 4.39 Å². The summed E-state index contributed by atoms with van der Waals surface area (Å²) < 4.78 is 42.5. The molecule has 0 saturated heterocycles. The van der Waals surface area contributed by atoms with Crippen LogP contribution in [0.3, 0.4) is 0 Å². The lowest BCUT2D eigenvalue weighted by Gasteiger charge is -2.12. The van der Waals surface area contributed by atoms with Crippen LogP contribution in [0.15, 0.2) is 42.5 Å². The quantitative estimate of drug-likeness (QED) is 0.743. The molecule has 0 aliphatic carbocycles. The van der Waals surface area contributed by atoms with Crippen LogP contribution in [0.1, 0.15) is 15.9 Å². The summed E-state index contributed by atoms with van der Waals surface area (Å²) in [5.41, 5.74) is 0.738. The normalized spacial score (nSPS) is 10.6. The van der Waals surface area contributed by atoms with E-state index in [-0.39, 0.29) is 12.3 Å². The minimum atomic E-state index is -2.94. The average molecular weight is 421 g/mol. The highest BCUT2D eigenvalue weighted by Crippen LogP contribution is 2.20. The van der Waals surface area contributed by atoms with Crippen molar-refractivity contribution < 1.29 is 22.7 Å². The molecule has 2 aromatic carbocycles. The van der Waals surface area contributed by atoms with Crippen LogP contribution in [-0.2, 0) is 6.54 Å². The molecule has 0 bridgehead atoms. The molecule has 0 saturated carbocycles. The van der Waals surface area contributed by atoms with E-state index < -0.39 is 18.3 Å². The molecule has 2 rings (SSSR count). The molecular formula is C15H11F3INO2. The van der Waals surface area contributed by atoms with Crippen molar-refractivity contribution in [1.29, 1.82) is 0 Å². The van der Waals surface area contributed by atoms with Gasteiger partial charge in [-0.1, -0.05) is 18.2 Å². The number of alkyl halides is 2. The van der Waals surface area contributed by atoms with E-state index in [9.17, 15) is 18.0 Å². The molecule has 22 heavy (non-hydrogen) atoms. The summed E-state index contributed by atoms with van der Waals surface area (Å²) >= 11 is 1.85. The first-order valence-corrected chi connectivity index (χ1v) is 7.31. The number of nitrogens with one attached hydrogen (secondary N) is 1. The minimum Gasteiger partial charge on any atom is -0.434 e. The summed E-state index contributed by atoms with van der Waals surface area (Å²) in [7, 11) is 0. The van der Waals surface area contributed by atoms with Crippen molar-refractivity contribution in [2.45, 2.75) is 13.2 Å². The Bertz CT molecular complexity index is 680. The number of hydrogen-bond acceptors (Lipinski definition) is 2.